The maximum absolute atomic E-state index is 11.8. The van der Waals surface area contributed by atoms with Crippen molar-refractivity contribution in [3.63, 3.8) is 0 Å². The lowest BCUT2D eigenvalue weighted by Crippen LogP contribution is -2.66. The van der Waals surface area contributed by atoms with Crippen molar-refractivity contribution in [3.8, 4) is 0 Å². The Labute approximate surface area is 267 Å². The second-order valence-electron chi connectivity index (χ2n) is 11.0. The highest BCUT2D eigenvalue weighted by Gasteiger charge is 2.57. The van der Waals surface area contributed by atoms with Crippen LogP contribution in [0.2, 0.25) is 0 Å². The van der Waals surface area contributed by atoms with Crippen molar-refractivity contribution in [1.82, 2.24) is 5.32 Å². The molecule has 15 atom stereocenters. The first-order valence-electron chi connectivity index (χ1n) is 13.9. The minimum absolute atomic E-state index is 0.610. The van der Waals surface area contributed by atoms with E-state index >= 15 is 0 Å². The molecule has 0 aromatic heterocycles. The first-order chi connectivity index (χ1) is 21.7. The summed E-state index contributed by atoms with van der Waals surface area (Å²) in [5.74, 6) is -2.22. The van der Waals surface area contributed by atoms with Crippen LogP contribution in [-0.4, -0.2) is 163 Å². The fourth-order valence-corrected chi connectivity index (χ4v) is 6.88. The van der Waals surface area contributed by atoms with E-state index in [1.54, 1.807) is 0 Å². The normalized spacial score (nSPS) is 41.4. The van der Waals surface area contributed by atoms with Gasteiger partial charge in [0, 0.05) is 5.92 Å². The highest BCUT2D eigenvalue weighted by molar-refractivity contribution is 7.46. The van der Waals surface area contributed by atoms with Gasteiger partial charge in [0.25, 0.3) is 0 Å². The maximum Gasteiger partial charge on any atom is 0.470 e. The zero-order valence-corrected chi connectivity index (χ0v) is 26.8. The van der Waals surface area contributed by atoms with Crippen LogP contribution in [0, 0.1) is 5.92 Å². The number of aliphatic hydroxyl groups is 5. The number of nitrogens with zero attached hydrogens (tertiary/aromatic N) is 2. The lowest BCUT2D eigenvalue weighted by atomic mass is 9.81. The Morgan fingerprint density at radius 3 is 1.72 bits per heavy atom. The molecule has 0 unspecified atom stereocenters. The van der Waals surface area contributed by atoms with Crippen LogP contribution in [0.4, 0.5) is 0 Å². The molecule has 47 heavy (non-hydrogen) atoms. The zero-order valence-electron chi connectivity index (χ0n) is 25.0. The third-order valence-corrected chi connectivity index (χ3v) is 8.82. The van der Waals surface area contributed by atoms with Crippen LogP contribution >= 0.6 is 15.6 Å². The monoisotopic (exact) mass is 727 g/mol. The third-order valence-electron chi connectivity index (χ3n) is 7.78. The topological polar surface area (TPSA) is 412 Å². The van der Waals surface area contributed by atoms with Crippen molar-refractivity contribution in [3.05, 3.63) is 0 Å². The van der Waals surface area contributed by atoms with E-state index in [1.807, 2.05) is 0 Å². The van der Waals surface area contributed by atoms with Gasteiger partial charge in [-0.25, -0.2) is 19.1 Å². The largest absolute Gasteiger partial charge is 0.470 e. The lowest BCUT2D eigenvalue weighted by molar-refractivity contribution is -0.308. The van der Waals surface area contributed by atoms with Gasteiger partial charge in [0.1, 0.15) is 60.9 Å². The summed E-state index contributed by atoms with van der Waals surface area (Å²) in [7, 11) is -9.26. The molecule has 0 amide bonds. The molecule has 18 N–H and O–H groups in total. The van der Waals surface area contributed by atoms with Crippen LogP contribution in [0.25, 0.3) is 0 Å². The Balaban J connectivity index is 2.02. The molecule has 3 aliphatic rings. The Bertz CT molecular complexity index is 1200. The molecular formula is C21H43N7O17P2. The molecule has 3 rings (SSSR count). The van der Waals surface area contributed by atoms with Crippen molar-refractivity contribution in [2.45, 2.75) is 92.6 Å². The number of likely N-dealkylation sites (N-methyl/N-ethyl adjacent to an activating group) is 1. The maximum atomic E-state index is 11.8. The van der Waals surface area contributed by atoms with Gasteiger partial charge in [-0.2, -0.15) is 0 Å². The number of aliphatic imine (C=N–C) groups is 2. The van der Waals surface area contributed by atoms with E-state index in [4.69, 9.17) is 50.9 Å². The van der Waals surface area contributed by atoms with Gasteiger partial charge in [-0.1, -0.05) is 0 Å². The van der Waals surface area contributed by atoms with E-state index in [0.29, 0.717) is 0 Å². The number of rotatable bonds is 13. The van der Waals surface area contributed by atoms with E-state index in [9.17, 15) is 54.2 Å². The summed E-state index contributed by atoms with van der Waals surface area (Å²) in [6.07, 6.45) is -18.2. The summed E-state index contributed by atoms with van der Waals surface area (Å²) >= 11 is 0. The van der Waals surface area contributed by atoms with Crippen LogP contribution in [0.5, 0.6) is 0 Å². The molecular weight excluding hydrogens is 684 g/mol. The predicted molar refractivity (Wildman–Crippen MR) is 154 cm³/mol. The van der Waals surface area contributed by atoms with Gasteiger partial charge in [0.2, 0.25) is 0 Å². The molecule has 274 valence electrons. The molecule has 26 heteroatoms. The third kappa shape index (κ3) is 9.75. The molecule has 2 aliphatic heterocycles. The quantitative estimate of drug-likeness (QED) is 0.0476. The van der Waals surface area contributed by atoms with Crippen molar-refractivity contribution in [2.24, 2.45) is 38.8 Å². The molecule has 3 fully saturated rings. The van der Waals surface area contributed by atoms with E-state index in [1.165, 1.54) is 14.0 Å². The number of aliphatic hydroxyl groups excluding tert-OH is 5. The molecule has 2 saturated heterocycles. The molecule has 24 nitrogen and oxygen atoms in total. The van der Waals surface area contributed by atoms with Gasteiger partial charge < -0.3 is 92.3 Å². The summed E-state index contributed by atoms with van der Waals surface area (Å²) in [5, 5.41) is 55.8. The highest BCUT2D eigenvalue weighted by atomic mass is 31.2. The second kappa shape index (κ2) is 15.9. The van der Waals surface area contributed by atoms with Crippen LogP contribution < -0.4 is 28.3 Å². The summed E-state index contributed by atoms with van der Waals surface area (Å²) in [6.45, 7) is 0.0520. The summed E-state index contributed by atoms with van der Waals surface area (Å²) in [5.41, 5.74) is 21.9. The Kier molecular flexibility index (Phi) is 13.5. The standard InChI is InChI=1S/C21H43N7O17P2/c1-5-6(3-29)14(42-18-10(26-2)17(45-47(37,38)39)11(31)7(4-30)41-18)19(40-5)43-15-8(27-20(22)23)12(32)9(28-21(24)25)16(13(15)33)44-46(34,35)36/h5-19,26,29-33H,3-4H2,1-2H3,(H4,22,23,27)(H4,24,25,28)(H2,34,35,36)(H2,37,38,39)/t5-,6-,7-,8-,9+,10-,11-,12-,13-,14+,15+,16-,17-,18-,19-/m0/s1. The van der Waals surface area contributed by atoms with Crippen LogP contribution in [0.15, 0.2) is 9.98 Å². The zero-order chi connectivity index (χ0) is 35.6. The first kappa shape index (κ1) is 39.8. The summed E-state index contributed by atoms with van der Waals surface area (Å²) in [4.78, 5) is 45.5. The number of hydrogen-bond donors (Lipinski definition) is 14. The fourth-order valence-electron chi connectivity index (χ4n) is 5.74. The van der Waals surface area contributed by atoms with Crippen molar-refractivity contribution < 1.29 is 82.2 Å². The van der Waals surface area contributed by atoms with Crippen molar-refractivity contribution >= 4 is 27.6 Å². The highest BCUT2D eigenvalue weighted by Crippen LogP contribution is 2.45. The van der Waals surface area contributed by atoms with Crippen LogP contribution in [0.3, 0.4) is 0 Å². The average molecular weight is 728 g/mol. The number of nitrogens with one attached hydrogen (secondary N) is 1. The predicted octanol–water partition coefficient (Wildman–Crippen LogP) is -7.25. The van der Waals surface area contributed by atoms with Gasteiger partial charge in [0.05, 0.1) is 25.4 Å². The number of phosphoric acid groups is 2. The molecule has 0 aromatic rings. The number of hydrogen-bond acceptors (Lipinski definition) is 16. The average Bonchev–Trinajstić information content (AvgIpc) is 3.24. The van der Waals surface area contributed by atoms with Gasteiger partial charge in [-0.05, 0) is 14.0 Å². The van der Waals surface area contributed by atoms with Gasteiger partial charge in [0.15, 0.2) is 24.5 Å². The number of guanidine groups is 2. The Morgan fingerprint density at radius 2 is 1.26 bits per heavy atom. The minimum Gasteiger partial charge on any atom is -0.396 e. The molecule has 0 spiro atoms. The summed E-state index contributed by atoms with van der Waals surface area (Å²) < 4.78 is 56.6. The second-order valence-corrected chi connectivity index (χ2v) is 13.4. The molecule has 0 radical (unpaired) electrons. The van der Waals surface area contributed by atoms with Crippen molar-refractivity contribution in [1.29, 1.82) is 0 Å². The number of phosphoric ester groups is 2. The van der Waals surface area contributed by atoms with Gasteiger partial charge in [-0.3, -0.25) is 9.05 Å². The van der Waals surface area contributed by atoms with E-state index in [0.717, 1.165) is 0 Å². The van der Waals surface area contributed by atoms with Crippen LogP contribution in [-0.2, 0) is 37.1 Å². The smallest absolute Gasteiger partial charge is 0.396 e. The number of nitrogens with two attached hydrogens (primary N) is 4. The SMILES string of the molecule is CN[C@@H]1[C@H](O[C@H]2[C@H](O[C@H]3[C@H](O)[C@@H](OP(=O)(O)O)[C@H](N=C(N)N)[C@@H](O)[C@@H]3N=C(N)N)O[C@@H](C)[C@@H]2CO)O[C@@H](CO)[C@H](O)[C@H]1OP(=O)(O)O. The number of ether oxygens (including phenoxy) is 4. The fraction of sp³-hybridized carbons (Fsp3) is 0.905. The molecule has 0 aromatic carbocycles. The Morgan fingerprint density at radius 1 is 0.745 bits per heavy atom. The van der Waals surface area contributed by atoms with E-state index < -0.39 is 132 Å². The first-order valence-corrected chi connectivity index (χ1v) is 17.0. The molecule has 2 heterocycles. The van der Waals surface area contributed by atoms with E-state index in [-0.39, 0.29) is 0 Å². The molecule has 1 saturated carbocycles. The lowest BCUT2D eigenvalue weighted by Gasteiger charge is -2.46. The minimum atomic E-state index is -5.38. The van der Waals surface area contributed by atoms with Gasteiger partial charge >= 0.3 is 15.6 Å². The summed E-state index contributed by atoms with van der Waals surface area (Å²) in [6, 6.07) is -4.70. The molecule has 1 aliphatic carbocycles. The van der Waals surface area contributed by atoms with Gasteiger partial charge in [-0.15, -0.1) is 0 Å². The van der Waals surface area contributed by atoms with Crippen molar-refractivity contribution in [2.75, 3.05) is 20.3 Å². The van der Waals surface area contributed by atoms with E-state index in [2.05, 4.69) is 15.3 Å². The van der Waals surface area contributed by atoms with Crippen LogP contribution in [0.1, 0.15) is 6.92 Å². The molecule has 0 bridgehead atoms. The Hall–Kier alpha value is -1.64.